The van der Waals surface area contributed by atoms with Crippen molar-refractivity contribution in [3.8, 4) is 6.07 Å². The fourth-order valence-electron chi connectivity index (χ4n) is 1.86. The Kier molecular flexibility index (Phi) is 4.99. The molecule has 0 saturated heterocycles. The minimum absolute atomic E-state index is 0.0716. The highest BCUT2D eigenvalue weighted by Crippen LogP contribution is 2.17. The normalized spacial score (nSPS) is 12.2. The zero-order valence-corrected chi connectivity index (χ0v) is 10.7. The third kappa shape index (κ3) is 4.08. The number of hydrogen-bond donors (Lipinski definition) is 2. The molecule has 1 rings (SSSR count). The van der Waals surface area contributed by atoms with Crippen LogP contribution >= 0.6 is 0 Å². The highest BCUT2D eigenvalue weighted by atomic mass is 16.3. The largest absolute Gasteiger partial charge is 0.394 e. The van der Waals surface area contributed by atoms with E-state index in [1.807, 2.05) is 25.1 Å². The molecule has 0 aliphatic carbocycles. The molecule has 1 atom stereocenters. The molecule has 1 unspecified atom stereocenters. The van der Waals surface area contributed by atoms with Gasteiger partial charge in [-0.2, -0.15) is 5.26 Å². The van der Waals surface area contributed by atoms with Gasteiger partial charge in [0.25, 0.3) is 0 Å². The van der Waals surface area contributed by atoms with Gasteiger partial charge in [-0.25, -0.2) is 0 Å². The molecule has 0 aromatic heterocycles. The molecule has 0 aliphatic heterocycles. The summed E-state index contributed by atoms with van der Waals surface area (Å²) >= 11 is 0. The molecule has 0 saturated carbocycles. The maximum absolute atomic E-state index is 9.29. The van der Waals surface area contributed by atoms with Crippen molar-refractivity contribution in [2.24, 2.45) is 5.92 Å². The number of nitriles is 1. The SMILES string of the molecule is Cc1cc(NC(CO)CC(C)C)ccc1C#N. The minimum atomic E-state index is 0.0716. The number of aliphatic hydroxyl groups is 1. The fraction of sp³-hybridized carbons (Fsp3) is 0.500. The van der Waals surface area contributed by atoms with E-state index in [-0.39, 0.29) is 12.6 Å². The van der Waals surface area contributed by atoms with Gasteiger partial charge in [-0.05, 0) is 43.0 Å². The van der Waals surface area contributed by atoms with E-state index in [0.29, 0.717) is 11.5 Å². The average molecular weight is 232 g/mol. The maximum atomic E-state index is 9.29. The summed E-state index contributed by atoms with van der Waals surface area (Å²) in [6.45, 7) is 6.31. The topological polar surface area (TPSA) is 56.0 Å². The lowest BCUT2D eigenvalue weighted by atomic mass is 10.0. The van der Waals surface area contributed by atoms with Crippen LogP contribution in [0.1, 0.15) is 31.4 Å². The summed E-state index contributed by atoms with van der Waals surface area (Å²) < 4.78 is 0. The summed E-state index contributed by atoms with van der Waals surface area (Å²) in [7, 11) is 0. The molecular formula is C14H20N2O. The van der Waals surface area contributed by atoms with Crippen LogP contribution in [0, 0.1) is 24.2 Å². The number of anilines is 1. The van der Waals surface area contributed by atoms with E-state index in [9.17, 15) is 5.11 Å². The van der Waals surface area contributed by atoms with Crippen molar-refractivity contribution in [1.82, 2.24) is 0 Å². The zero-order valence-electron chi connectivity index (χ0n) is 10.7. The molecule has 0 radical (unpaired) electrons. The van der Waals surface area contributed by atoms with Crippen molar-refractivity contribution in [2.45, 2.75) is 33.2 Å². The van der Waals surface area contributed by atoms with Crippen LogP contribution in [0.3, 0.4) is 0 Å². The van der Waals surface area contributed by atoms with Crippen LogP contribution in [-0.4, -0.2) is 17.8 Å². The molecule has 3 nitrogen and oxygen atoms in total. The summed E-state index contributed by atoms with van der Waals surface area (Å²) in [4.78, 5) is 0. The summed E-state index contributed by atoms with van der Waals surface area (Å²) in [5, 5.41) is 21.4. The molecule has 0 heterocycles. The number of benzene rings is 1. The van der Waals surface area contributed by atoms with Crippen LogP contribution in [0.2, 0.25) is 0 Å². The number of nitrogens with zero attached hydrogens (tertiary/aromatic N) is 1. The molecule has 3 heteroatoms. The number of nitrogens with one attached hydrogen (secondary N) is 1. The van der Waals surface area contributed by atoms with E-state index in [2.05, 4.69) is 25.2 Å². The quantitative estimate of drug-likeness (QED) is 0.820. The third-order valence-electron chi connectivity index (χ3n) is 2.69. The van der Waals surface area contributed by atoms with Crippen molar-refractivity contribution in [3.05, 3.63) is 29.3 Å². The van der Waals surface area contributed by atoms with Crippen LogP contribution < -0.4 is 5.32 Å². The van der Waals surface area contributed by atoms with Crippen LogP contribution in [-0.2, 0) is 0 Å². The van der Waals surface area contributed by atoms with Crippen molar-refractivity contribution < 1.29 is 5.11 Å². The first-order valence-corrected chi connectivity index (χ1v) is 5.95. The van der Waals surface area contributed by atoms with E-state index < -0.39 is 0 Å². The second-order valence-electron chi connectivity index (χ2n) is 4.79. The van der Waals surface area contributed by atoms with Crippen LogP contribution in [0.25, 0.3) is 0 Å². The van der Waals surface area contributed by atoms with Crippen molar-refractivity contribution in [2.75, 3.05) is 11.9 Å². The molecule has 1 aromatic rings. The average Bonchev–Trinajstić information content (AvgIpc) is 2.27. The van der Waals surface area contributed by atoms with E-state index in [4.69, 9.17) is 5.26 Å². The van der Waals surface area contributed by atoms with Gasteiger partial charge in [-0.3, -0.25) is 0 Å². The van der Waals surface area contributed by atoms with Gasteiger partial charge in [0.05, 0.1) is 18.2 Å². The lowest BCUT2D eigenvalue weighted by molar-refractivity contribution is 0.259. The van der Waals surface area contributed by atoms with Crippen LogP contribution in [0.4, 0.5) is 5.69 Å². The molecule has 17 heavy (non-hydrogen) atoms. The Morgan fingerprint density at radius 3 is 2.59 bits per heavy atom. The fourth-order valence-corrected chi connectivity index (χ4v) is 1.86. The first kappa shape index (κ1) is 13.5. The lowest BCUT2D eigenvalue weighted by Crippen LogP contribution is -2.25. The van der Waals surface area contributed by atoms with Gasteiger partial charge in [0.2, 0.25) is 0 Å². The predicted molar refractivity (Wildman–Crippen MR) is 69.8 cm³/mol. The maximum Gasteiger partial charge on any atom is 0.0994 e. The Morgan fingerprint density at radius 1 is 1.41 bits per heavy atom. The molecule has 0 amide bonds. The Labute approximate surface area is 103 Å². The highest BCUT2D eigenvalue weighted by Gasteiger charge is 2.10. The number of hydrogen-bond acceptors (Lipinski definition) is 3. The van der Waals surface area contributed by atoms with Crippen LogP contribution in [0.15, 0.2) is 18.2 Å². The van der Waals surface area contributed by atoms with Gasteiger partial charge in [-0.1, -0.05) is 13.8 Å². The first-order chi connectivity index (χ1) is 8.06. The summed E-state index contributed by atoms with van der Waals surface area (Å²) in [5.41, 5.74) is 2.61. The smallest absolute Gasteiger partial charge is 0.0994 e. The number of aliphatic hydroxyl groups excluding tert-OH is 1. The zero-order chi connectivity index (χ0) is 12.8. The summed E-state index contributed by atoms with van der Waals surface area (Å²) in [6.07, 6.45) is 0.926. The first-order valence-electron chi connectivity index (χ1n) is 5.95. The highest BCUT2D eigenvalue weighted by molar-refractivity contribution is 5.52. The molecule has 0 aliphatic rings. The second-order valence-corrected chi connectivity index (χ2v) is 4.79. The number of rotatable bonds is 5. The van der Waals surface area contributed by atoms with Gasteiger partial charge in [-0.15, -0.1) is 0 Å². The van der Waals surface area contributed by atoms with E-state index in [0.717, 1.165) is 17.7 Å². The van der Waals surface area contributed by atoms with Gasteiger partial charge >= 0.3 is 0 Å². The molecule has 0 spiro atoms. The van der Waals surface area contributed by atoms with Gasteiger partial charge in [0.15, 0.2) is 0 Å². The van der Waals surface area contributed by atoms with Gasteiger partial charge in [0.1, 0.15) is 0 Å². The van der Waals surface area contributed by atoms with E-state index >= 15 is 0 Å². The summed E-state index contributed by atoms with van der Waals surface area (Å²) in [6, 6.07) is 7.85. The monoisotopic (exact) mass is 232 g/mol. The number of aryl methyl sites for hydroxylation is 1. The Hall–Kier alpha value is -1.53. The molecule has 92 valence electrons. The van der Waals surface area contributed by atoms with Crippen molar-refractivity contribution in [1.29, 1.82) is 5.26 Å². The Morgan fingerprint density at radius 2 is 2.12 bits per heavy atom. The van der Waals surface area contributed by atoms with Gasteiger partial charge < -0.3 is 10.4 Å². The summed E-state index contributed by atoms with van der Waals surface area (Å²) in [5.74, 6) is 0.541. The standard InChI is InChI=1S/C14H20N2O/c1-10(2)6-14(9-17)16-13-5-4-12(8-15)11(3)7-13/h4-5,7,10,14,16-17H,6,9H2,1-3H3. The third-order valence-corrected chi connectivity index (χ3v) is 2.69. The minimum Gasteiger partial charge on any atom is -0.394 e. The Balaban J connectivity index is 2.74. The molecule has 0 fully saturated rings. The molecule has 0 bridgehead atoms. The van der Waals surface area contributed by atoms with E-state index in [1.54, 1.807) is 0 Å². The van der Waals surface area contributed by atoms with Crippen molar-refractivity contribution in [3.63, 3.8) is 0 Å². The lowest BCUT2D eigenvalue weighted by Gasteiger charge is -2.19. The van der Waals surface area contributed by atoms with Crippen LogP contribution in [0.5, 0.6) is 0 Å². The Bertz CT molecular complexity index is 407. The molecule has 1 aromatic carbocycles. The van der Waals surface area contributed by atoms with Gasteiger partial charge in [0, 0.05) is 11.7 Å². The molecular weight excluding hydrogens is 212 g/mol. The predicted octanol–water partition coefficient (Wildman–Crippen LogP) is 2.69. The second kappa shape index (κ2) is 6.27. The molecule has 2 N–H and O–H groups in total. The van der Waals surface area contributed by atoms with E-state index in [1.165, 1.54) is 0 Å². The van der Waals surface area contributed by atoms with Crippen molar-refractivity contribution >= 4 is 5.69 Å².